The average molecular weight is 423 g/mol. The molecule has 3 aromatic rings. The summed E-state index contributed by atoms with van der Waals surface area (Å²) in [5.41, 5.74) is 8.47. The molecule has 0 saturated carbocycles. The second-order valence-corrected chi connectivity index (χ2v) is 8.25. The van der Waals surface area contributed by atoms with Crippen LogP contribution in [-0.4, -0.2) is 11.9 Å². The van der Waals surface area contributed by atoms with Crippen molar-refractivity contribution < 1.29 is 14.9 Å². The molecule has 0 unspecified atom stereocenters. The van der Waals surface area contributed by atoms with E-state index in [1.807, 2.05) is 47.1 Å². The second-order valence-electron chi connectivity index (χ2n) is 7.27. The fraction of sp³-hybridized carbons (Fsp3) is 0.250. The van der Waals surface area contributed by atoms with Crippen LogP contribution < -0.4 is 16.4 Å². The van der Waals surface area contributed by atoms with Crippen molar-refractivity contribution >= 4 is 23.3 Å². The number of urea groups is 1. The van der Waals surface area contributed by atoms with E-state index in [1.54, 1.807) is 11.3 Å². The number of nitrogens with two attached hydrogens (primary N) is 2. The summed E-state index contributed by atoms with van der Waals surface area (Å²) in [4.78, 5) is 25.3. The molecule has 0 aliphatic heterocycles. The largest absolute Gasteiger partial charge is 0.351 e. The molecule has 3 amide bonds. The number of hydrogen-bond acceptors (Lipinski definition) is 3. The van der Waals surface area contributed by atoms with Gasteiger partial charge in [-0.15, -0.1) is 11.3 Å². The van der Waals surface area contributed by atoms with Crippen LogP contribution in [0.1, 0.15) is 53.4 Å². The zero-order chi connectivity index (χ0) is 21.3. The third kappa shape index (κ3) is 5.78. The zero-order valence-corrected chi connectivity index (χ0v) is 17.9. The fourth-order valence-electron chi connectivity index (χ4n) is 3.51. The highest BCUT2D eigenvalue weighted by atomic mass is 32.1. The maximum atomic E-state index is 12.8. The first-order chi connectivity index (χ1) is 14.6. The Kier molecular flexibility index (Phi) is 7.76. The monoisotopic (exact) mass is 422 g/mol. The number of hydrogen-bond donors (Lipinski definition) is 3. The third-order valence-corrected chi connectivity index (χ3v) is 6.04. The molecular weight excluding hydrogens is 394 g/mol. The summed E-state index contributed by atoms with van der Waals surface area (Å²) in [6.07, 6.45) is 3.40. The van der Waals surface area contributed by atoms with E-state index in [0.29, 0.717) is 0 Å². The van der Waals surface area contributed by atoms with Gasteiger partial charge in [-0.05, 0) is 29.9 Å². The minimum absolute atomic E-state index is 0.0749. The van der Waals surface area contributed by atoms with Crippen LogP contribution in [0.3, 0.4) is 0 Å². The molecule has 0 bridgehead atoms. The predicted octanol–water partition coefficient (Wildman–Crippen LogP) is 3.68. The molecule has 3 rings (SSSR count). The average Bonchev–Trinajstić information content (AvgIpc) is 3.28. The van der Waals surface area contributed by atoms with Gasteiger partial charge in [-0.25, -0.2) is 4.79 Å². The first kappa shape index (κ1) is 21.7. The van der Waals surface area contributed by atoms with E-state index in [4.69, 9.17) is 5.73 Å². The molecule has 6 heteroatoms. The van der Waals surface area contributed by atoms with E-state index < -0.39 is 18.0 Å². The van der Waals surface area contributed by atoms with Crippen LogP contribution >= 0.6 is 11.3 Å². The number of quaternary nitrogens is 1. The molecule has 5 nitrogen and oxygen atoms in total. The molecule has 0 aliphatic carbocycles. The molecule has 0 aliphatic rings. The molecule has 0 saturated heterocycles. The van der Waals surface area contributed by atoms with Crippen LogP contribution in [0.5, 0.6) is 0 Å². The lowest BCUT2D eigenvalue weighted by atomic mass is 9.98. The minimum Gasteiger partial charge on any atom is -0.351 e. The Morgan fingerprint density at radius 3 is 2.33 bits per heavy atom. The van der Waals surface area contributed by atoms with Crippen LogP contribution in [0.2, 0.25) is 0 Å². The number of carbonyl (C=O) groups excluding carboxylic acids is 2. The first-order valence-corrected chi connectivity index (χ1v) is 11.1. The maximum absolute atomic E-state index is 12.8. The van der Waals surface area contributed by atoms with E-state index in [-0.39, 0.29) is 6.04 Å². The van der Waals surface area contributed by atoms with E-state index in [9.17, 15) is 9.59 Å². The number of amides is 3. The summed E-state index contributed by atoms with van der Waals surface area (Å²) in [7, 11) is 0. The standard InChI is InChI=1S/C24H27N3O2S/c1-2-3-8-17-12-14-19(15-13-17)21(20-11-7-16-30-20)26-22(23(28)27-24(25)29)18-9-5-4-6-10-18/h4-7,9-16,21-22,26H,2-3,8H2,1H3,(H3,25,27,28,29)/p+1/t21-,22+/m1/s1. The van der Waals surface area contributed by atoms with E-state index in [1.165, 1.54) is 18.4 Å². The van der Waals surface area contributed by atoms with Crippen LogP contribution in [0, 0.1) is 0 Å². The van der Waals surface area contributed by atoms with Gasteiger partial charge in [-0.3, -0.25) is 10.1 Å². The molecular formula is C24H28N3O2S+. The molecule has 0 radical (unpaired) electrons. The van der Waals surface area contributed by atoms with Gasteiger partial charge in [0, 0.05) is 11.1 Å². The molecule has 2 atom stereocenters. The fourth-order valence-corrected chi connectivity index (χ4v) is 4.35. The quantitative estimate of drug-likeness (QED) is 0.491. The van der Waals surface area contributed by atoms with Gasteiger partial charge in [-0.2, -0.15) is 0 Å². The SMILES string of the molecule is CCCCc1ccc([C@@H]([NH2+][C@H](C(=O)NC(N)=O)c2ccccc2)c2cccs2)cc1. The molecule has 1 aromatic heterocycles. The Morgan fingerprint density at radius 2 is 1.73 bits per heavy atom. The highest BCUT2D eigenvalue weighted by molar-refractivity contribution is 7.10. The third-order valence-electron chi connectivity index (χ3n) is 5.08. The Morgan fingerprint density at radius 1 is 1.00 bits per heavy atom. The highest BCUT2D eigenvalue weighted by Crippen LogP contribution is 2.25. The van der Waals surface area contributed by atoms with Crippen LogP contribution in [0.4, 0.5) is 4.79 Å². The lowest BCUT2D eigenvalue weighted by Crippen LogP contribution is -2.88. The Hall–Kier alpha value is -2.96. The molecule has 1 heterocycles. The van der Waals surface area contributed by atoms with E-state index >= 15 is 0 Å². The second kappa shape index (κ2) is 10.7. The predicted molar refractivity (Wildman–Crippen MR) is 120 cm³/mol. The van der Waals surface area contributed by atoms with Gasteiger partial charge < -0.3 is 11.1 Å². The lowest BCUT2D eigenvalue weighted by Gasteiger charge is -2.22. The van der Waals surface area contributed by atoms with Crippen molar-refractivity contribution in [2.45, 2.75) is 38.3 Å². The zero-order valence-electron chi connectivity index (χ0n) is 17.1. The van der Waals surface area contributed by atoms with Gasteiger partial charge in [0.1, 0.15) is 6.04 Å². The van der Waals surface area contributed by atoms with Crippen LogP contribution in [0.15, 0.2) is 72.1 Å². The number of thiophene rings is 1. The summed E-state index contributed by atoms with van der Waals surface area (Å²) >= 11 is 1.65. The van der Waals surface area contributed by atoms with Gasteiger partial charge in [0.05, 0.1) is 4.88 Å². The van der Waals surface area contributed by atoms with Crippen molar-refractivity contribution in [1.82, 2.24) is 5.32 Å². The lowest BCUT2D eigenvalue weighted by molar-refractivity contribution is -0.713. The number of primary amides is 1. The summed E-state index contributed by atoms with van der Waals surface area (Å²) in [5.74, 6) is -0.421. The number of imide groups is 1. The van der Waals surface area contributed by atoms with E-state index in [2.05, 4.69) is 42.6 Å². The number of carbonyl (C=O) groups is 2. The molecule has 2 aromatic carbocycles. The highest BCUT2D eigenvalue weighted by Gasteiger charge is 2.31. The summed E-state index contributed by atoms with van der Waals surface area (Å²) in [6.45, 7) is 2.19. The molecule has 156 valence electrons. The van der Waals surface area contributed by atoms with Crippen molar-refractivity contribution in [3.63, 3.8) is 0 Å². The van der Waals surface area contributed by atoms with Gasteiger partial charge in [0.25, 0.3) is 5.91 Å². The van der Waals surface area contributed by atoms with E-state index in [0.717, 1.165) is 22.4 Å². The Labute approximate surface area is 181 Å². The van der Waals surface area contributed by atoms with Crippen molar-refractivity contribution in [3.8, 4) is 0 Å². The first-order valence-electron chi connectivity index (χ1n) is 10.2. The van der Waals surface area contributed by atoms with Crippen LogP contribution in [-0.2, 0) is 11.2 Å². The number of unbranched alkanes of at least 4 members (excludes halogenated alkanes) is 1. The van der Waals surface area contributed by atoms with Crippen molar-refractivity contribution in [2.75, 3.05) is 0 Å². The Bertz CT molecular complexity index is 940. The topological polar surface area (TPSA) is 88.8 Å². The summed E-state index contributed by atoms with van der Waals surface area (Å²) in [5, 5.41) is 6.28. The van der Waals surface area contributed by atoms with Gasteiger partial charge in [0.2, 0.25) is 0 Å². The number of nitrogens with one attached hydrogen (secondary N) is 1. The Balaban J connectivity index is 1.92. The normalized spacial score (nSPS) is 12.8. The van der Waals surface area contributed by atoms with Gasteiger partial charge in [0.15, 0.2) is 6.04 Å². The molecule has 5 N–H and O–H groups in total. The molecule has 0 fully saturated rings. The van der Waals surface area contributed by atoms with Crippen molar-refractivity contribution in [3.05, 3.63) is 93.7 Å². The molecule has 30 heavy (non-hydrogen) atoms. The number of benzene rings is 2. The van der Waals surface area contributed by atoms with Crippen LogP contribution in [0.25, 0.3) is 0 Å². The van der Waals surface area contributed by atoms with Crippen molar-refractivity contribution in [2.24, 2.45) is 5.73 Å². The van der Waals surface area contributed by atoms with Crippen molar-refractivity contribution in [1.29, 1.82) is 0 Å². The number of aryl methyl sites for hydroxylation is 1. The summed E-state index contributed by atoms with van der Waals surface area (Å²) < 4.78 is 0. The summed E-state index contributed by atoms with van der Waals surface area (Å²) in [6, 6.07) is 20.6. The van der Waals surface area contributed by atoms with Gasteiger partial charge >= 0.3 is 6.03 Å². The number of rotatable bonds is 9. The van der Waals surface area contributed by atoms with Gasteiger partial charge in [-0.1, -0.05) is 74.0 Å². The maximum Gasteiger partial charge on any atom is 0.319 e. The smallest absolute Gasteiger partial charge is 0.319 e. The molecule has 0 spiro atoms. The minimum atomic E-state index is -0.845.